The summed E-state index contributed by atoms with van der Waals surface area (Å²) >= 11 is 1.26. The normalized spacial score (nSPS) is 11.8. The maximum absolute atomic E-state index is 12.1. The average Bonchev–Trinajstić information content (AvgIpc) is 2.86. The highest BCUT2D eigenvalue weighted by Gasteiger charge is 2.23. The highest BCUT2D eigenvalue weighted by Crippen LogP contribution is 2.24. The third kappa shape index (κ3) is 2.24. The Balaban J connectivity index is 2.39. The van der Waals surface area contributed by atoms with Crippen molar-refractivity contribution in [1.82, 2.24) is 4.98 Å². The van der Waals surface area contributed by atoms with E-state index in [0.717, 1.165) is 11.1 Å². The first-order valence-electron chi connectivity index (χ1n) is 5.12. The molecule has 1 unspecified atom stereocenters. The molecule has 1 aromatic heterocycles. The first kappa shape index (κ1) is 11.5. The van der Waals surface area contributed by atoms with E-state index >= 15 is 0 Å². The number of aryl methyl sites for hydroxylation is 1. The van der Waals surface area contributed by atoms with Crippen LogP contribution in [0.2, 0.25) is 0 Å². The number of ketones is 1. The molecule has 1 aromatic carbocycles. The van der Waals surface area contributed by atoms with E-state index in [-0.39, 0.29) is 5.78 Å². The molecule has 2 aromatic rings. The molecule has 0 aliphatic carbocycles. The summed E-state index contributed by atoms with van der Waals surface area (Å²) in [5.41, 5.74) is 3.32. The summed E-state index contributed by atoms with van der Waals surface area (Å²) in [6.07, 6.45) is 1.51. The van der Waals surface area contributed by atoms with E-state index < -0.39 is 5.92 Å². The van der Waals surface area contributed by atoms with Crippen molar-refractivity contribution in [3.05, 3.63) is 52.0 Å². The van der Waals surface area contributed by atoms with E-state index in [1.807, 2.05) is 31.2 Å². The van der Waals surface area contributed by atoms with Gasteiger partial charge >= 0.3 is 0 Å². The second-order valence-corrected chi connectivity index (χ2v) is 4.53. The molecule has 0 N–H and O–H groups in total. The number of thiazole rings is 1. The van der Waals surface area contributed by atoms with E-state index in [2.05, 4.69) is 11.1 Å². The molecule has 0 aliphatic heterocycles. The van der Waals surface area contributed by atoms with Crippen LogP contribution in [0.4, 0.5) is 0 Å². The number of nitrogens with zero attached hydrogens (tertiary/aromatic N) is 2. The number of carbonyl (C=O) groups excluding carboxylic acids is 1. The molecule has 0 bridgehead atoms. The van der Waals surface area contributed by atoms with Crippen LogP contribution in [-0.2, 0) is 0 Å². The lowest BCUT2D eigenvalue weighted by Gasteiger charge is -2.09. The highest BCUT2D eigenvalue weighted by molar-refractivity contribution is 7.11. The van der Waals surface area contributed by atoms with Crippen molar-refractivity contribution < 1.29 is 4.79 Å². The number of rotatable bonds is 3. The van der Waals surface area contributed by atoms with Gasteiger partial charge in [-0.05, 0) is 18.1 Å². The Kier molecular flexibility index (Phi) is 3.31. The van der Waals surface area contributed by atoms with Gasteiger partial charge in [-0.25, -0.2) is 0 Å². The minimum Gasteiger partial charge on any atom is -0.291 e. The zero-order valence-corrected chi connectivity index (χ0v) is 10.1. The fourth-order valence-electron chi connectivity index (χ4n) is 1.66. The number of aromatic nitrogens is 1. The smallest absolute Gasteiger partial charge is 0.195 e. The standard InChI is InChI=1S/C13H10N2OS/c1-9-4-2-3-5-10(9)11(6-14)13(16)12-7-15-8-17-12/h2-5,7-8,11H,1H3. The first-order valence-corrected chi connectivity index (χ1v) is 6.00. The molecule has 2 rings (SSSR count). The van der Waals surface area contributed by atoms with Crippen LogP contribution in [-0.4, -0.2) is 10.8 Å². The van der Waals surface area contributed by atoms with Gasteiger partial charge in [0.25, 0.3) is 0 Å². The molecule has 0 radical (unpaired) electrons. The molecule has 0 saturated heterocycles. The fourth-order valence-corrected chi connectivity index (χ4v) is 2.25. The Morgan fingerprint density at radius 1 is 1.47 bits per heavy atom. The van der Waals surface area contributed by atoms with Gasteiger partial charge in [-0.3, -0.25) is 9.78 Å². The zero-order valence-electron chi connectivity index (χ0n) is 9.25. The molecule has 1 heterocycles. The molecule has 17 heavy (non-hydrogen) atoms. The Morgan fingerprint density at radius 3 is 2.82 bits per heavy atom. The minimum absolute atomic E-state index is 0.177. The third-order valence-electron chi connectivity index (χ3n) is 2.57. The minimum atomic E-state index is -0.739. The SMILES string of the molecule is Cc1ccccc1C(C#N)C(=O)c1cncs1. The Bertz CT molecular complexity index is 569. The number of hydrogen-bond donors (Lipinski definition) is 0. The fraction of sp³-hybridized carbons (Fsp3) is 0.154. The lowest BCUT2D eigenvalue weighted by molar-refractivity contribution is 0.0982. The third-order valence-corrected chi connectivity index (χ3v) is 3.35. The molecule has 0 spiro atoms. The van der Waals surface area contributed by atoms with Crippen molar-refractivity contribution in [2.75, 3.05) is 0 Å². The molecule has 84 valence electrons. The van der Waals surface area contributed by atoms with Crippen LogP contribution in [0.25, 0.3) is 0 Å². The van der Waals surface area contributed by atoms with E-state index in [0.29, 0.717) is 4.88 Å². The number of Topliss-reactive ketones (excluding diaryl/α,β-unsaturated/α-hetero) is 1. The molecule has 0 fully saturated rings. The van der Waals surface area contributed by atoms with Crippen LogP contribution in [0.5, 0.6) is 0 Å². The Morgan fingerprint density at radius 2 is 2.24 bits per heavy atom. The van der Waals surface area contributed by atoms with E-state index in [4.69, 9.17) is 0 Å². The molecule has 3 nitrogen and oxygen atoms in total. The highest BCUT2D eigenvalue weighted by atomic mass is 32.1. The van der Waals surface area contributed by atoms with Crippen LogP contribution in [0, 0.1) is 18.3 Å². The van der Waals surface area contributed by atoms with Crippen LogP contribution in [0.3, 0.4) is 0 Å². The maximum Gasteiger partial charge on any atom is 0.195 e. The largest absolute Gasteiger partial charge is 0.291 e. The summed E-state index contributed by atoms with van der Waals surface area (Å²) in [4.78, 5) is 16.5. The summed E-state index contributed by atoms with van der Waals surface area (Å²) in [6, 6.07) is 9.53. The van der Waals surface area contributed by atoms with E-state index in [1.54, 1.807) is 5.51 Å². The summed E-state index contributed by atoms with van der Waals surface area (Å²) in [5, 5.41) is 9.19. The van der Waals surface area contributed by atoms with Crippen LogP contribution < -0.4 is 0 Å². The van der Waals surface area contributed by atoms with Crippen LogP contribution in [0.1, 0.15) is 26.7 Å². The topological polar surface area (TPSA) is 53.8 Å². The van der Waals surface area contributed by atoms with Gasteiger partial charge in [0.2, 0.25) is 0 Å². The summed E-state index contributed by atoms with van der Waals surface area (Å²) in [5.74, 6) is -0.916. The summed E-state index contributed by atoms with van der Waals surface area (Å²) in [7, 11) is 0. The number of benzene rings is 1. The molecular formula is C13H10N2OS. The Hall–Kier alpha value is -1.99. The monoisotopic (exact) mass is 242 g/mol. The van der Waals surface area contributed by atoms with Crippen molar-refractivity contribution in [3.63, 3.8) is 0 Å². The average molecular weight is 242 g/mol. The predicted molar refractivity (Wildman–Crippen MR) is 66.0 cm³/mol. The second kappa shape index (κ2) is 4.89. The Labute approximate surface area is 103 Å². The lowest BCUT2D eigenvalue weighted by Crippen LogP contribution is -2.11. The van der Waals surface area contributed by atoms with Gasteiger partial charge in [-0.15, -0.1) is 11.3 Å². The second-order valence-electron chi connectivity index (χ2n) is 3.65. The van der Waals surface area contributed by atoms with Gasteiger partial charge in [-0.2, -0.15) is 5.26 Å². The molecule has 0 saturated carbocycles. The van der Waals surface area contributed by atoms with Crippen molar-refractivity contribution in [2.24, 2.45) is 0 Å². The number of nitriles is 1. The summed E-state index contributed by atoms with van der Waals surface area (Å²) < 4.78 is 0. The molecule has 4 heteroatoms. The zero-order chi connectivity index (χ0) is 12.3. The van der Waals surface area contributed by atoms with Crippen molar-refractivity contribution in [3.8, 4) is 6.07 Å². The molecule has 0 aliphatic rings. The van der Waals surface area contributed by atoms with Gasteiger partial charge in [0, 0.05) is 6.20 Å². The van der Waals surface area contributed by atoms with E-state index in [9.17, 15) is 10.1 Å². The van der Waals surface area contributed by atoms with Crippen molar-refractivity contribution in [2.45, 2.75) is 12.8 Å². The van der Waals surface area contributed by atoms with E-state index in [1.165, 1.54) is 17.5 Å². The van der Waals surface area contributed by atoms with Gasteiger partial charge in [0.1, 0.15) is 5.92 Å². The molecule has 0 amide bonds. The van der Waals surface area contributed by atoms with Crippen molar-refractivity contribution >= 4 is 17.1 Å². The molecule has 1 atom stereocenters. The van der Waals surface area contributed by atoms with Gasteiger partial charge in [-0.1, -0.05) is 24.3 Å². The molecular weight excluding hydrogens is 232 g/mol. The van der Waals surface area contributed by atoms with Crippen LogP contribution in [0.15, 0.2) is 36.0 Å². The maximum atomic E-state index is 12.1. The van der Waals surface area contributed by atoms with Gasteiger partial charge < -0.3 is 0 Å². The van der Waals surface area contributed by atoms with Crippen LogP contribution >= 0.6 is 11.3 Å². The quantitative estimate of drug-likeness (QED) is 0.777. The number of hydrogen-bond acceptors (Lipinski definition) is 4. The summed E-state index contributed by atoms with van der Waals surface area (Å²) in [6.45, 7) is 1.90. The van der Waals surface area contributed by atoms with Gasteiger partial charge in [0.15, 0.2) is 5.78 Å². The predicted octanol–water partition coefficient (Wildman–Crippen LogP) is 2.94. The van der Waals surface area contributed by atoms with Crippen molar-refractivity contribution in [1.29, 1.82) is 5.26 Å². The lowest BCUT2D eigenvalue weighted by atomic mass is 9.92. The number of carbonyl (C=O) groups is 1. The first-order chi connectivity index (χ1) is 8.24. The van der Waals surface area contributed by atoms with Gasteiger partial charge in [0.05, 0.1) is 16.5 Å².